The minimum absolute atomic E-state index is 0.0958. The highest BCUT2D eigenvalue weighted by Crippen LogP contribution is 2.02. The molecule has 3 unspecified atom stereocenters. The molecule has 76 valence electrons. The average Bonchev–Trinajstić information content (AvgIpc) is 2.17. The van der Waals surface area contributed by atoms with Crippen LogP contribution in [0.2, 0.25) is 0 Å². The largest absolute Gasteiger partial charge is 0.394 e. The van der Waals surface area contributed by atoms with Gasteiger partial charge in [0.05, 0.1) is 13.2 Å². The number of rotatable bonds is 7. The van der Waals surface area contributed by atoms with Crippen LogP contribution in [0.25, 0.3) is 0 Å². The van der Waals surface area contributed by atoms with Gasteiger partial charge in [-0.15, -0.1) is 6.58 Å². The summed E-state index contributed by atoms with van der Waals surface area (Å²) in [5.74, 6) is 0. The number of aliphatic hydroxyl groups excluding tert-OH is 3. The van der Waals surface area contributed by atoms with E-state index in [0.717, 1.165) is 0 Å². The molecule has 0 spiro atoms. The lowest BCUT2D eigenvalue weighted by Crippen LogP contribution is -2.42. The highest BCUT2D eigenvalue weighted by atomic mass is 16.5. The zero-order valence-corrected chi connectivity index (χ0v) is 7.17. The van der Waals surface area contributed by atoms with E-state index in [0.29, 0.717) is 6.29 Å². The zero-order valence-electron chi connectivity index (χ0n) is 7.17. The maximum atomic E-state index is 10.4. The Kier molecular flexibility index (Phi) is 6.34. The van der Waals surface area contributed by atoms with Crippen molar-refractivity contribution in [2.75, 3.05) is 13.2 Å². The van der Waals surface area contributed by atoms with Gasteiger partial charge in [0.25, 0.3) is 0 Å². The van der Waals surface area contributed by atoms with Gasteiger partial charge in [-0.2, -0.15) is 0 Å². The third kappa shape index (κ3) is 4.14. The number of carbonyl (C=O) groups excluding carboxylic acids is 1. The summed E-state index contributed by atoms with van der Waals surface area (Å²) in [6.45, 7) is 2.83. The van der Waals surface area contributed by atoms with Crippen LogP contribution in [-0.4, -0.2) is 53.1 Å². The Bertz CT molecular complexity index is 159. The Labute approximate surface area is 76.3 Å². The molecule has 0 bridgehead atoms. The van der Waals surface area contributed by atoms with E-state index in [2.05, 4.69) is 6.58 Å². The molecule has 0 aromatic carbocycles. The molecule has 0 rings (SSSR count). The maximum Gasteiger partial charge on any atom is 0.151 e. The van der Waals surface area contributed by atoms with Crippen molar-refractivity contribution in [2.45, 2.75) is 18.3 Å². The lowest BCUT2D eigenvalue weighted by Gasteiger charge is -2.20. The number of aldehydes is 1. The lowest BCUT2D eigenvalue weighted by atomic mass is 10.1. The fourth-order valence-electron chi connectivity index (χ4n) is 0.724. The Balaban J connectivity index is 4.04. The van der Waals surface area contributed by atoms with E-state index < -0.39 is 24.9 Å². The van der Waals surface area contributed by atoms with Crippen LogP contribution in [0, 0.1) is 0 Å². The van der Waals surface area contributed by atoms with Gasteiger partial charge in [-0.25, -0.2) is 0 Å². The van der Waals surface area contributed by atoms with Gasteiger partial charge in [-0.05, 0) is 0 Å². The molecule has 0 fully saturated rings. The Morgan fingerprint density at radius 1 is 1.46 bits per heavy atom. The second kappa shape index (κ2) is 6.73. The molecule has 5 nitrogen and oxygen atoms in total. The van der Waals surface area contributed by atoms with Crippen molar-refractivity contribution in [3.63, 3.8) is 0 Å². The molecule has 3 N–H and O–H groups in total. The van der Waals surface area contributed by atoms with Crippen molar-refractivity contribution in [1.29, 1.82) is 0 Å². The molecular formula is C8H14O5. The van der Waals surface area contributed by atoms with E-state index in [1.54, 1.807) is 0 Å². The molecule has 3 atom stereocenters. The minimum Gasteiger partial charge on any atom is -0.394 e. The van der Waals surface area contributed by atoms with Crippen molar-refractivity contribution in [3.05, 3.63) is 12.7 Å². The Morgan fingerprint density at radius 2 is 2.08 bits per heavy atom. The standard InChI is InChI=1S/C8H14O5/c1-2-3-13-7(5-10)8(12)6(11)4-9/h2,5-9,11-12H,1,3-4H2. The van der Waals surface area contributed by atoms with Crippen molar-refractivity contribution in [1.82, 2.24) is 0 Å². The Hall–Kier alpha value is -0.750. The molecule has 5 heteroatoms. The van der Waals surface area contributed by atoms with Gasteiger partial charge >= 0.3 is 0 Å². The molecule has 0 radical (unpaired) electrons. The first-order valence-corrected chi connectivity index (χ1v) is 3.82. The van der Waals surface area contributed by atoms with Crippen molar-refractivity contribution in [2.24, 2.45) is 0 Å². The summed E-state index contributed by atoms with van der Waals surface area (Å²) in [7, 11) is 0. The molecule has 0 saturated carbocycles. The van der Waals surface area contributed by atoms with Crippen molar-refractivity contribution in [3.8, 4) is 0 Å². The van der Waals surface area contributed by atoms with Gasteiger partial charge in [-0.3, -0.25) is 0 Å². The van der Waals surface area contributed by atoms with Gasteiger partial charge in [0.15, 0.2) is 6.29 Å². The fraction of sp³-hybridized carbons (Fsp3) is 0.625. The van der Waals surface area contributed by atoms with Gasteiger partial charge < -0.3 is 24.9 Å². The SMILES string of the molecule is C=CCOC(C=O)C(O)C(O)CO. The Morgan fingerprint density at radius 3 is 2.46 bits per heavy atom. The number of hydrogen-bond acceptors (Lipinski definition) is 5. The topological polar surface area (TPSA) is 87.0 Å². The highest BCUT2D eigenvalue weighted by Gasteiger charge is 2.25. The molecular weight excluding hydrogens is 176 g/mol. The molecule has 0 amide bonds. The summed E-state index contributed by atoms with van der Waals surface area (Å²) >= 11 is 0. The first kappa shape index (κ1) is 12.2. The summed E-state index contributed by atoms with van der Waals surface area (Å²) in [5.41, 5.74) is 0. The third-order valence-corrected chi connectivity index (χ3v) is 1.46. The van der Waals surface area contributed by atoms with Crippen molar-refractivity contribution < 1.29 is 24.9 Å². The second-order valence-electron chi connectivity index (χ2n) is 2.46. The summed E-state index contributed by atoms with van der Waals surface area (Å²) < 4.78 is 4.82. The van der Waals surface area contributed by atoms with Crippen LogP contribution in [0.15, 0.2) is 12.7 Å². The van der Waals surface area contributed by atoms with Gasteiger partial charge in [-0.1, -0.05) is 6.08 Å². The predicted molar refractivity (Wildman–Crippen MR) is 45.1 cm³/mol. The lowest BCUT2D eigenvalue weighted by molar-refractivity contribution is -0.134. The van der Waals surface area contributed by atoms with Gasteiger partial charge in [0, 0.05) is 0 Å². The van der Waals surface area contributed by atoms with E-state index in [4.69, 9.17) is 14.9 Å². The van der Waals surface area contributed by atoms with Crippen molar-refractivity contribution >= 4 is 6.29 Å². The number of hydrogen-bond donors (Lipinski definition) is 3. The zero-order chi connectivity index (χ0) is 10.3. The summed E-state index contributed by atoms with van der Waals surface area (Å²) in [6.07, 6.45) is -2.15. The van der Waals surface area contributed by atoms with Crippen LogP contribution < -0.4 is 0 Å². The molecule has 0 saturated heterocycles. The van der Waals surface area contributed by atoms with E-state index in [1.807, 2.05) is 0 Å². The number of carbonyl (C=O) groups is 1. The summed E-state index contributed by atoms with van der Waals surface area (Å²) in [4.78, 5) is 10.4. The highest BCUT2D eigenvalue weighted by molar-refractivity contribution is 5.57. The summed E-state index contributed by atoms with van der Waals surface area (Å²) in [5, 5.41) is 26.6. The average molecular weight is 190 g/mol. The molecule has 0 aliphatic heterocycles. The molecule has 0 aliphatic rings. The second-order valence-corrected chi connectivity index (χ2v) is 2.46. The van der Waals surface area contributed by atoms with Crippen LogP contribution in [0.3, 0.4) is 0 Å². The quantitative estimate of drug-likeness (QED) is 0.335. The predicted octanol–water partition coefficient (Wildman–Crippen LogP) is -1.53. The maximum absolute atomic E-state index is 10.4. The van der Waals surface area contributed by atoms with Gasteiger partial charge in [0.2, 0.25) is 0 Å². The van der Waals surface area contributed by atoms with Crippen LogP contribution in [0.1, 0.15) is 0 Å². The molecule has 0 heterocycles. The monoisotopic (exact) mass is 190 g/mol. The van der Waals surface area contributed by atoms with Crippen LogP contribution in [0.5, 0.6) is 0 Å². The van der Waals surface area contributed by atoms with Crippen LogP contribution >= 0.6 is 0 Å². The van der Waals surface area contributed by atoms with Crippen LogP contribution in [0.4, 0.5) is 0 Å². The number of aliphatic hydroxyl groups is 3. The molecule has 13 heavy (non-hydrogen) atoms. The first-order chi connectivity index (χ1) is 6.17. The molecule has 0 aromatic heterocycles. The molecule has 0 aliphatic carbocycles. The smallest absolute Gasteiger partial charge is 0.151 e. The molecule has 0 aromatic rings. The normalized spacial score (nSPS) is 17.5. The van der Waals surface area contributed by atoms with E-state index in [1.165, 1.54) is 6.08 Å². The van der Waals surface area contributed by atoms with E-state index in [9.17, 15) is 9.90 Å². The fourth-order valence-corrected chi connectivity index (χ4v) is 0.724. The minimum atomic E-state index is -1.41. The first-order valence-electron chi connectivity index (χ1n) is 3.82. The number of ether oxygens (including phenoxy) is 1. The van der Waals surface area contributed by atoms with Crippen LogP contribution in [-0.2, 0) is 9.53 Å². The van der Waals surface area contributed by atoms with E-state index >= 15 is 0 Å². The third-order valence-electron chi connectivity index (χ3n) is 1.46. The summed E-state index contributed by atoms with van der Waals surface area (Å²) in [6, 6.07) is 0. The van der Waals surface area contributed by atoms with E-state index in [-0.39, 0.29) is 6.61 Å². The van der Waals surface area contributed by atoms with Gasteiger partial charge in [0.1, 0.15) is 18.3 Å².